The van der Waals surface area contributed by atoms with Crippen molar-refractivity contribution in [2.75, 3.05) is 47.4 Å². The van der Waals surface area contributed by atoms with Gasteiger partial charge in [-0.2, -0.15) is 0 Å². The number of pyridine rings is 1. The van der Waals surface area contributed by atoms with Gasteiger partial charge in [0, 0.05) is 51.0 Å². The summed E-state index contributed by atoms with van der Waals surface area (Å²) in [6.07, 6.45) is 8.65. The summed E-state index contributed by atoms with van der Waals surface area (Å²) in [5.41, 5.74) is 0. The topological polar surface area (TPSA) is 48.4 Å². The Kier molecular flexibility index (Phi) is 5.18. The van der Waals surface area contributed by atoms with Gasteiger partial charge in [-0.15, -0.1) is 0 Å². The Balaban J connectivity index is 1.44. The van der Waals surface area contributed by atoms with Crippen molar-refractivity contribution in [1.29, 1.82) is 0 Å². The number of hydrogen-bond donors (Lipinski definition) is 0. The number of nitrogens with zero attached hydrogens (tertiary/aromatic N) is 6. The maximum absolute atomic E-state index is 4.59. The zero-order valence-electron chi connectivity index (χ0n) is 15.6. The molecule has 0 radical (unpaired) electrons. The van der Waals surface area contributed by atoms with Crippen molar-refractivity contribution < 1.29 is 0 Å². The first-order chi connectivity index (χ1) is 12.8. The summed E-state index contributed by atoms with van der Waals surface area (Å²) in [7, 11) is 0. The van der Waals surface area contributed by atoms with E-state index in [1.807, 2.05) is 18.3 Å². The molecule has 1 unspecified atom stereocenters. The van der Waals surface area contributed by atoms with Crippen molar-refractivity contribution in [3.05, 3.63) is 36.8 Å². The Morgan fingerprint density at radius 3 is 2.38 bits per heavy atom. The number of rotatable bonds is 4. The highest BCUT2D eigenvalue weighted by molar-refractivity contribution is 5.52. The van der Waals surface area contributed by atoms with E-state index < -0.39 is 0 Å². The molecule has 2 fully saturated rings. The quantitative estimate of drug-likeness (QED) is 0.843. The molecule has 1 atom stereocenters. The molecule has 4 heterocycles. The zero-order valence-corrected chi connectivity index (χ0v) is 15.6. The molecule has 6 nitrogen and oxygen atoms in total. The maximum Gasteiger partial charge on any atom is 0.134 e. The molecule has 2 saturated heterocycles. The molecule has 0 spiro atoms. The Hall–Kier alpha value is -2.37. The average Bonchev–Trinajstić information content (AvgIpc) is 2.74. The van der Waals surface area contributed by atoms with Crippen molar-refractivity contribution >= 4 is 17.5 Å². The summed E-state index contributed by atoms with van der Waals surface area (Å²) in [5, 5.41) is 0. The highest BCUT2D eigenvalue weighted by atomic mass is 15.3. The first-order valence-corrected chi connectivity index (χ1v) is 9.85. The van der Waals surface area contributed by atoms with Gasteiger partial charge in [-0.25, -0.2) is 15.0 Å². The van der Waals surface area contributed by atoms with Gasteiger partial charge in [0.15, 0.2) is 0 Å². The fraction of sp³-hybridized carbons (Fsp3) is 0.550. The van der Waals surface area contributed by atoms with Gasteiger partial charge in [-0.3, -0.25) is 0 Å². The number of anilines is 3. The minimum Gasteiger partial charge on any atom is -0.353 e. The van der Waals surface area contributed by atoms with E-state index in [0.29, 0.717) is 6.04 Å². The Morgan fingerprint density at radius 2 is 1.65 bits per heavy atom. The van der Waals surface area contributed by atoms with Crippen molar-refractivity contribution in [2.45, 2.75) is 38.6 Å². The second kappa shape index (κ2) is 7.89. The van der Waals surface area contributed by atoms with E-state index in [-0.39, 0.29) is 0 Å². The van der Waals surface area contributed by atoms with Gasteiger partial charge in [-0.1, -0.05) is 13.0 Å². The Morgan fingerprint density at radius 1 is 0.885 bits per heavy atom. The molecular weight excluding hydrogens is 324 g/mol. The molecule has 4 rings (SSSR count). The molecule has 138 valence electrons. The minimum absolute atomic E-state index is 0.618. The number of aromatic nitrogens is 3. The second-order valence-corrected chi connectivity index (χ2v) is 7.15. The largest absolute Gasteiger partial charge is 0.353 e. The van der Waals surface area contributed by atoms with Crippen molar-refractivity contribution in [2.24, 2.45) is 0 Å². The van der Waals surface area contributed by atoms with E-state index in [1.54, 1.807) is 6.33 Å². The van der Waals surface area contributed by atoms with Crippen LogP contribution in [-0.2, 0) is 0 Å². The van der Waals surface area contributed by atoms with Crippen molar-refractivity contribution in [1.82, 2.24) is 15.0 Å². The lowest BCUT2D eigenvalue weighted by Gasteiger charge is -2.38. The van der Waals surface area contributed by atoms with Gasteiger partial charge < -0.3 is 14.7 Å². The fourth-order valence-corrected chi connectivity index (χ4v) is 4.10. The van der Waals surface area contributed by atoms with Crippen LogP contribution in [0.3, 0.4) is 0 Å². The average molecular weight is 352 g/mol. The molecule has 0 saturated carbocycles. The van der Waals surface area contributed by atoms with Crippen molar-refractivity contribution in [3.63, 3.8) is 0 Å². The van der Waals surface area contributed by atoms with E-state index in [0.717, 1.165) is 50.2 Å². The summed E-state index contributed by atoms with van der Waals surface area (Å²) in [4.78, 5) is 20.8. The predicted molar refractivity (Wildman–Crippen MR) is 106 cm³/mol. The molecule has 0 amide bonds. The first-order valence-electron chi connectivity index (χ1n) is 9.85. The van der Waals surface area contributed by atoms with Gasteiger partial charge in [0.1, 0.15) is 23.8 Å². The van der Waals surface area contributed by atoms with Crippen molar-refractivity contribution in [3.8, 4) is 0 Å². The third kappa shape index (κ3) is 3.59. The molecule has 2 aliphatic heterocycles. The normalized spacial score (nSPS) is 21.1. The lowest BCUT2D eigenvalue weighted by atomic mass is 10.00. The van der Waals surface area contributed by atoms with Crippen LogP contribution in [0.15, 0.2) is 36.8 Å². The van der Waals surface area contributed by atoms with Crippen LogP contribution in [0.1, 0.15) is 32.6 Å². The Bertz CT molecular complexity index is 698. The highest BCUT2D eigenvalue weighted by Gasteiger charge is 2.24. The van der Waals surface area contributed by atoms with Crippen LogP contribution in [0.2, 0.25) is 0 Å². The van der Waals surface area contributed by atoms with Gasteiger partial charge in [-0.05, 0) is 37.8 Å². The van der Waals surface area contributed by atoms with E-state index >= 15 is 0 Å². The molecule has 2 aromatic rings. The third-order valence-corrected chi connectivity index (χ3v) is 5.61. The van der Waals surface area contributed by atoms with Gasteiger partial charge >= 0.3 is 0 Å². The highest BCUT2D eigenvalue weighted by Crippen LogP contribution is 2.27. The molecular formula is C20H28N6. The van der Waals surface area contributed by atoms with E-state index in [1.165, 1.54) is 25.7 Å². The van der Waals surface area contributed by atoms with Gasteiger partial charge in [0.05, 0.1) is 0 Å². The van der Waals surface area contributed by atoms with E-state index in [9.17, 15) is 0 Å². The Labute approximate surface area is 155 Å². The summed E-state index contributed by atoms with van der Waals surface area (Å²) in [6.45, 7) is 7.26. The molecule has 2 aromatic heterocycles. The summed E-state index contributed by atoms with van der Waals surface area (Å²) in [5.74, 6) is 3.21. The third-order valence-electron chi connectivity index (χ3n) is 5.61. The molecule has 6 heteroatoms. The lowest BCUT2D eigenvalue weighted by molar-refractivity contribution is 0.446. The number of hydrogen-bond acceptors (Lipinski definition) is 6. The van der Waals surface area contributed by atoms with Crippen LogP contribution in [-0.4, -0.2) is 53.7 Å². The molecule has 0 N–H and O–H groups in total. The molecule has 0 aromatic carbocycles. The molecule has 26 heavy (non-hydrogen) atoms. The lowest BCUT2D eigenvalue weighted by Crippen LogP contribution is -2.47. The summed E-state index contributed by atoms with van der Waals surface area (Å²) < 4.78 is 0. The fourth-order valence-electron chi connectivity index (χ4n) is 4.10. The first kappa shape index (κ1) is 17.1. The molecule has 0 bridgehead atoms. The minimum atomic E-state index is 0.618. The zero-order chi connectivity index (χ0) is 17.8. The summed E-state index contributed by atoms with van der Waals surface area (Å²) >= 11 is 0. The maximum atomic E-state index is 4.59. The van der Waals surface area contributed by atoms with Crippen LogP contribution >= 0.6 is 0 Å². The van der Waals surface area contributed by atoms with Crippen LogP contribution in [0.5, 0.6) is 0 Å². The van der Waals surface area contributed by atoms with Gasteiger partial charge in [0.2, 0.25) is 0 Å². The second-order valence-electron chi connectivity index (χ2n) is 7.15. The standard InChI is InChI=1S/C20H28N6/c1-2-17-7-4-6-10-26(17)20-15-19(22-16-23-20)25-13-11-24(12-14-25)18-8-3-5-9-21-18/h3,5,8-9,15-17H,2,4,6-7,10-14H2,1H3. The summed E-state index contributed by atoms with van der Waals surface area (Å²) in [6, 6.07) is 8.90. The van der Waals surface area contributed by atoms with Crippen LogP contribution in [0.4, 0.5) is 17.5 Å². The number of piperazine rings is 1. The van der Waals surface area contributed by atoms with Gasteiger partial charge in [0.25, 0.3) is 0 Å². The smallest absolute Gasteiger partial charge is 0.134 e. The van der Waals surface area contributed by atoms with Crippen LogP contribution < -0.4 is 14.7 Å². The molecule has 0 aliphatic carbocycles. The van der Waals surface area contributed by atoms with Crippen LogP contribution in [0.25, 0.3) is 0 Å². The van der Waals surface area contributed by atoms with Crippen LogP contribution in [0, 0.1) is 0 Å². The SMILES string of the molecule is CCC1CCCCN1c1cc(N2CCN(c3ccccn3)CC2)ncn1. The molecule has 2 aliphatic rings. The predicted octanol–water partition coefficient (Wildman–Crippen LogP) is 2.97. The van der Waals surface area contributed by atoms with E-state index in [2.05, 4.69) is 48.7 Å². The monoisotopic (exact) mass is 352 g/mol. The van der Waals surface area contributed by atoms with E-state index in [4.69, 9.17) is 0 Å². The number of piperidine rings is 1.